The van der Waals surface area contributed by atoms with Crippen LogP contribution in [0.25, 0.3) is 5.69 Å². The summed E-state index contributed by atoms with van der Waals surface area (Å²) in [6.07, 6.45) is 1.41. The van der Waals surface area contributed by atoms with Gasteiger partial charge in [-0.25, -0.2) is 9.48 Å². The van der Waals surface area contributed by atoms with Crippen molar-refractivity contribution in [1.82, 2.24) is 9.78 Å². The SMILES string of the molecule is CCOC(=O)c1cnn(-c2cccc(NC(=O)c3ccc(Cl)cc3[N+](=O)[O-])c2)c1C. The molecule has 30 heavy (non-hydrogen) atoms. The highest BCUT2D eigenvalue weighted by atomic mass is 35.5. The number of nitrogens with one attached hydrogen (secondary N) is 1. The number of nitrogens with zero attached hydrogens (tertiary/aromatic N) is 3. The Bertz CT molecular complexity index is 1140. The number of aromatic nitrogens is 2. The summed E-state index contributed by atoms with van der Waals surface area (Å²) in [7, 11) is 0. The Kier molecular flexibility index (Phi) is 6.12. The Morgan fingerprint density at radius 2 is 2.00 bits per heavy atom. The second-order valence-electron chi connectivity index (χ2n) is 6.20. The maximum Gasteiger partial charge on any atom is 0.341 e. The zero-order valence-electron chi connectivity index (χ0n) is 16.1. The minimum atomic E-state index is -0.665. The molecule has 0 atom stereocenters. The van der Waals surface area contributed by atoms with Crippen molar-refractivity contribution < 1.29 is 19.2 Å². The van der Waals surface area contributed by atoms with Crippen molar-refractivity contribution in [2.45, 2.75) is 13.8 Å². The third-order valence-corrected chi connectivity index (χ3v) is 4.49. The number of carbonyl (C=O) groups is 2. The number of anilines is 1. The van der Waals surface area contributed by atoms with Gasteiger partial charge < -0.3 is 10.1 Å². The van der Waals surface area contributed by atoms with Crippen molar-refractivity contribution >= 4 is 34.9 Å². The summed E-state index contributed by atoms with van der Waals surface area (Å²) in [4.78, 5) is 35.1. The summed E-state index contributed by atoms with van der Waals surface area (Å²) in [5.74, 6) is -1.12. The molecule has 1 heterocycles. The lowest BCUT2D eigenvalue weighted by atomic mass is 10.1. The Morgan fingerprint density at radius 3 is 2.70 bits per heavy atom. The molecule has 0 aliphatic carbocycles. The molecule has 0 spiro atoms. The summed E-state index contributed by atoms with van der Waals surface area (Å²) in [5.41, 5.74) is 1.39. The molecule has 0 unspecified atom stereocenters. The van der Waals surface area contributed by atoms with Gasteiger partial charge in [0.05, 0.1) is 29.1 Å². The predicted molar refractivity (Wildman–Crippen MR) is 110 cm³/mol. The van der Waals surface area contributed by atoms with Gasteiger partial charge in [-0.15, -0.1) is 0 Å². The molecule has 0 aliphatic heterocycles. The molecule has 2 aromatic carbocycles. The molecule has 3 rings (SSSR count). The van der Waals surface area contributed by atoms with Gasteiger partial charge >= 0.3 is 5.97 Å². The Balaban J connectivity index is 1.88. The van der Waals surface area contributed by atoms with Crippen LogP contribution in [0.4, 0.5) is 11.4 Å². The lowest BCUT2D eigenvalue weighted by Crippen LogP contribution is -2.14. The number of carbonyl (C=O) groups excluding carboxylic acids is 2. The van der Waals surface area contributed by atoms with E-state index in [-0.39, 0.29) is 17.2 Å². The number of hydrogen-bond acceptors (Lipinski definition) is 6. The zero-order chi connectivity index (χ0) is 21.8. The minimum Gasteiger partial charge on any atom is -0.462 e. The van der Waals surface area contributed by atoms with Crippen LogP contribution in [0.1, 0.15) is 33.3 Å². The lowest BCUT2D eigenvalue weighted by molar-refractivity contribution is -0.385. The van der Waals surface area contributed by atoms with E-state index in [1.54, 1.807) is 38.1 Å². The molecule has 9 nitrogen and oxygen atoms in total. The van der Waals surface area contributed by atoms with E-state index >= 15 is 0 Å². The van der Waals surface area contributed by atoms with E-state index in [0.29, 0.717) is 22.6 Å². The van der Waals surface area contributed by atoms with Gasteiger partial charge in [0.1, 0.15) is 11.1 Å². The second-order valence-corrected chi connectivity index (χ2v) is 6.64. The highest BCUT2D eigenvalue weighted by Gasteiger charge is 2.21. The molecule has 3 aromatic rings. The molecule has 1 amide bonds. The Morgan fingerprint density at radius 1 is 1.23 bits per heavy atom. The van der Waals surface area contributed by atoms with Crippen LogP contribution in [0.15, 0.2) is 48.7 Å². The van der Waals surface area contributed by atoms with Gasteiger partial charge in [-0.05, 0) is 44.2 Å². The molecular weight excluding hydrogens is 412 g/mol. The number of nitro groups is 1. The van der Waals surface area contributed by atoms with Crippen LogP contribution in [0.2, 0.25) is 5.02 Å². The van der Waals surface area contributed by atoms with Gasteiger partial charge in [0.2, 0.25) is 0 Å². The molecule has 0 bridgehead atoms. The first-order valence-electron chi connectivity index (χ1n) is 8.89. The highest BCUT2D eigenvalue weighted by molar-refractivity contribution is 6.31. The summed E-state index contributed by atoms with van der Waals surface area (Å²) in [6.45, 7) is 3.69. The molecule has 1 N–H and O–H groups in total. The molecule has 0 fully saturated rings. The lowest BCUT2D eigenvalue weighted by Gasteiger charge is -2.10. The number of halogens is 1. The third kappa shape index (κ3) is 4.31. The van der Waals surface area contributed by atoms with Crippen LogP contribution < -0.4 is 5.32 Å². The fourth-order valence-electron chi connectivity index (χ4n) is 2.84. The number of nitro benzene ring substituents is 1. The number of hydrogen-bond donors (Lipinski definition) is 1. The summed E-state index contributed by atoms with van der Waals surface area (Å²) in [5, 5.41) is 18.2. The topological polar surface area (TPSA) is 116 Å². The average molecular weight is 429 g/mol. The molecular formula is C20H17ClN4O5. The van der Waals surface area contributed by atoms with Crippen LogP contribution >= 0.6 is 11.6 Å². The number of esters is 1. The van der Waals surface area contributed by atoms with Crippen LogP contribution in [0.5, 0.6) is 0 Å². The first-order valence-corrected chi connectivity index (χ1v) is 9.27. The van der Waals surface area contributed by atoms with Gasteiger partial charge in [-0.2, -0.15) is 5.10 Å². The average Bonchev–Trinajstić information content (AvgIpc) is 3.09. The fourth-order valence-corrected chi connectivity index (χ4v) is 3.01. The van der Waals surface area contributed by atoms with Crippen LogP contribution in [-0.2, 0) is 4.74 Å². The number of rotatable bonds is 6. The van der Waals surface area contributed by atoms with E-state index in [9.17, 15) is 19.7 Å². The summed E-state index contributed by atoms with van der Waals surface area (Å²) >= 11 is 5.79. The largest absolute Gasteiger partial charge is 0.462 e. The van der Waals surface area contributed by atoms with Crippen LogP contribution in [0.3, 0.4) is 0 Å². The maximum atomic E-state index is 12.6. The van der Waals surface area contributed by atoms with Gasteiger partial charge in [-0.3, -0.25) is 14.9 Å². The molecule has 1 aromatic heterocycles. The standard InChI is InChI=1S/C20H17ClN4O5/c1-3-30-20(27)17-11-22-24(12(17)2)15-6-4-5-14(10-15)23-19(26)16-8-7-13(21)9-18(16)25(28)29/h4-11H,3H2,1-2H3,(H,23,26). The van der Waals surface area contributed by atoms with Crippen molar-refractivity contribution in [2.24, 2.45) is 0 Å². The van der Waals surface area contributed by atoms with Crippen LogP contribution in [0, 0.1) is 17.0 Å². The normalized spacial score (nSPS) is 10.5. The van der Waals surface area contributed by atoms with E-state index in [2.05, 4.69) is 10.4 Å². The molecule has 0 saturated heterocycles. The summed E-state index contributed by atoms with van der Waals surface area (Å²) < 4.78 is 6.54. The van der Waals surface area contributed by atoms with Crippen molar-refractivity contribution in [3.63, 3.8) is 0 Å². The monoisotopic (exact) mass is 428 g/mol. The second kappa shape index (κ2) is 8.75. The third-order valence-electron chi connectivity index (χ3n) is 4.25. The van der Waals surface area contributed by atoms with E-state index in [0.717, 1.165) is 6.07 Å². The van der Waals surface area contributed by atoms with E-state index in [1.165, 1.54) is 23.0 Å². The Hall–Kier alpha value is -3.72. The summed E-state index contributed by atoms with van der Waals surface area (Å²) in [6, 6.07) is 10.5. The molecule has 0 aliphatic rings. The van der Waals surface area contributed by atoms with Gasteiger partial charge in [0.15, 0.2) is 0 Å². The Labute approximate surface area is 176 Å². The number of amides is 1. The quantitative estimate of drug-likeness (QED) is 0.357. The number of benzene rings is 2. The molecule has 10 heteroatoms. The zero-order valence-corrected chi connectivity index (χ0v) is 16.8. The van der Waals surface area contributed by atoms with E-state index < -0.39 is 22.5 Å². The van der Waals surface area contributed by atoms with Crippen molar-refractivity contribution in [3.05, 3.63) is 80.6 Å². The molecule has 0 saturated carbocycles. The predicted octanol–water partition coefficient (Wildman–Crippen LogP) is 4.17. The number of ether oxygens (including phenoxy) is 1. The van der Waals surface area contributed by atoms with Gasteiger partial charge in [0, 0.05) is 16.8 Å². The maximum absolute atomic E-state index is 12.6. The van der Waals surface area contributed by atoms with Crippen molar-refractivity contribution in [2.75, 3.05) is 11.9 Å². The fraction of sp³-hybridized carbons (Fsp3) is 0.150. The molecule has 154 valence electrons. The minimum absolute atomic E-state index is 0.116. The van der Waals surface area contributed by atoms with Crippen molar-refractivity contribution in [3.8, 4) is 5.69 Å². The van der Waals surface area contributed by atoms with Crippen LogP contribution in [-0.4, -0.2) is 33.2 Å². The highest BCUT2D eigenvalue weighted by Crippen LogP contribution is 2.25. The van der Waals surface area contributed by atoms with E-state index in [1.807, 2.05) is 0 Å². The first kappa shape index (κ1) is 21.0. The smallest absolute Gasteiger partial charge is 0.341 e. The van der Waals surface area contributed by atoms with E-state index in [4.69, 9.17) is 16.3 Å². The molecule has 0 radical (unpaired) electrons. The van der Waals surface area contributed by atoms with Gasteiger partial charge in [0.25, 0.3) is 11.6 Å². The van der Waals surface area contributed by atoms with Crippen molar-refractivity contribution in [1.29, 1.82) is 0 Å². The first-order chi connectivity index (χ1) is 14.3. The van der Waals surface area contributed by atoms with Gasteiger partial charge in [-0.1, -0.05) is 17.7 Å².